The normalized spacial score (nSPS) is 14.9. The van der Waals surface area contributed by atoms with E-state index in [0.717, 1.165) is 6.42 Å². The number of hydrogen-bond donors (Lipinski definition) is 2. The molecular weight excluding hydrogens is 246 g/mol. The highest BCUT2D eigenvalue weighted by atomic mass is 32.1. The lowest BCUT2D eigenvalue weighted by atomic mass is 10.1. The molecule has 0 aliphatic rings. The second-order valence-electron chi connectivity index (χ2n) is 5.23. The summed E-state index contributed by atoms with van der Waals surface area (Å²) in [6.45, 7) is 8.06. The third-order valence-electron chi connectivity index (χ3n) is 2.59. The Hall–Kier alpha value is -0.420. The van der Waals surface area contributed by atoms with E-state index in [0.29, 0.717) is 31.7 Å². The molecule has 0 bridgehead atoms. The van der Waals surface area contributed by atoms with Crippen molar-refractivity contribution in [3.8, 4) is 0 Å². The van der Waals surface area contributed by atoms with Gasteiger partial charge in [-0.15, -0.1) is 0 Å². The largest absolute Gasteiger partial charge is 0.389 e. The predicted octanol–water partition coefficient (Wildman–Crippen LogP) is 2.30. The highest BCUT2D eigenvalue weighted by Crippen LogP contribution is 2.08. The third kappa shape index (κ3) is 7.11. The maximum absolute atomic E-state index is 9.75. The lowest BCUT2D eigenvalue weighted by Crippen LogP contribution is -2.37. The van der Waals surface area contributed by atoms with E-state index in [-0.39, 0.29) is 0 Å². The molecule has 0 spiro atoms. The van der Waals surface area contributed by atoms with E-state index in [4.69, 9.17) is 4.74 Å². The van der Waals surface area contributed by atoms with Crippen LogP contribution in [0, 0.1) is 5.92 Å². The van der Waals surface area contributed by atoms with Gasteiger partial charge in [-0.25, -0.2) is 0 Å². The molecule has 0 amide bonds. The second-order valence-corrected chi connectivity index (χ2v) is 6.01. The molecule has 1 heterocycles. The van der Waals surface area contributed by atoms with Crippen LogP contribution in [-0.4, -0.2) is 37.0 Å². The van der Waals surface area contributed by atoms with E-state index in [1.165, 1.54) is 5.56 Å². The molecule has 2 unspecified atom stereocenters. The molecular formula is C14H25NO2S. The minimum atomic E-state index is -0.423. The van der Waals surface area contributed by atoms with Crippen LogP contribution in [0.15, 0.2) is 16.8 Å². The molecule has 0 radical (unpaired) electrons. The lowest BCUT2D eigenvalue weighted by molar-refractivity contribution is 0.0252. The summed E-state index contributed by atoms with van der Waals surface area (Å²) in [6, 6.07) is 2.52. The van der Waals surface area contributed by atoms with Gasteiger partial charge in [-0.05, 0) is 41.7 Å². The second kappa shape index (κ2) is 8.64. The average Bonchev–Trinajstić information content (AvgIpc) is 2.78. The quantitative estimate of drug-likeness (QED) is 0.724. The van der Waals surface area contributed by atoms with Crippen LogP contribution in [0.2, 0.25) is 0 Å². The van der Waals surface area contributed by atoms with Crippen molar-refractivity contribution in [2.45, 2.75) is 39.3 Å². The molecule has 3 nitrogen and oxygen atoms in total. The first kappa shape index (κ1) is 15.6. The van der Waals surface area contributed by atoms with Gasteiger partial charge in [-0.3, -0.25) is 0 Å². The highest BCUT2D eigenvalue weighted by Gasteiger charge is 2.08. The van der Waals surface area contributed by atoms with E-state index in [1.54, 1.807) is 11.3 Å². The molecule has 104 valence electrons. The summed E-state index contributed by atoms with van der Waals surface area (Å²) < 4.78 is 5.41. The number of thiophene rings is 1. The molecule has 0 aliphatic heterocycles. The SMILES string of the molecule is CC(C)COCC(O)CNC(C)Cc1ccsc1. The molecule has 4 heteroatoms. The van der Waals surface area contributed by atoms with Crippen molar-refractivity contribution < 1.29 is 9.84 Å². The Bertz CT molecular complexity index is 301. The van der Waals surface area contributed by atoms with Gasteiger partial charge in [0, 0.05) is 19.2 Å². The molecule has 0 saturated carbocycles. The van der Waals surface area contributed by atoms with E-state index in [9.17, 15) is 5.11 Å². The molecule has 0 saturated heterocycles. The standard InChI is InChI=1S/C14H25NO2S/c1-11(2)8-17-9-14(16)7-15-12(3)6-13-4-5-18-10-13/h4-5,10-12,14-16H,6-9H2,1-3H3. The van der Waals surface area contributed by atoms with Crippen molar-refractivity contribution in [3.63, 3.8) is 0 Å². The van der Waals surface area contributed by atoms with Crippen LogP contribution in [0.1, 0.15) is 26.3 Å². The fourth-order valence-electron chi connectivity index (χ4n) is 1.67. The summed E-state index contributed by atoms with van der Waals surface area (Å²) in [7, 11) is 0. The Morgan fingerprint density at radius 3 is 2.72 bits per heavy atom. The van der Waals surface area contributed by atoms with E-state index >= 15 is 0 Å². The van der Waals surface area contributed by atoms with Crippen LogP contribution in [0.5, 0.6) is 0 Å². The zero-order valence-electron chi connectivity index (χ0n) is 11.6. The van der Waals surface area contributed by atoms with Crippen molar-refractivity contribution in [2.75, 3.05) is 19.8 Å². The summed E-state index contributed by atoms with van der Waals surface area (Å²) in [5.74, 6) is 0.516. The molecule has 0 fully saturated rings. The number of ether oxygens (including phenoxy) is 1. The van der Waals surface area contributed by atoms with Crippen molar-refractivity contribution in [3.05, 3.63) is 22.4 Å². The topological polar surface area (TPSA) is 41.5 Å². The van der Waals surface area contributed by atoms with Crippen molar-refractivity contribution in [2.24, 2.45) is 5.92 Å². The summed E-state index contributed by atoms with van der Waals surface area (Å²) in [5.41, 5.74) is 1.35. The van der Waals surface area contributed by atoms with Crippen molar-refractivity contribution in [1.82, 2.24) is 5.32 Å². The van der Waals surface area contributed by atoms with Crippen molar-refractivity contribution >= 4 is 11.3 Å². The van der Waals surface area contributed by atoms with Gasteiger partial charge in [0.15, 0.2) is 0 Å². The maximum Gasteiger partial charge on any atom is 0.0897 e. The molecule has 0 aromatic carbocycles. The maximum atomic E-state index is 9.75. The number of aliphatic hydroxyl groups excluding tert-OH is 1. The van der Waals surface area contributed by atoms with Gasteiger partial charge in [0.05, 0.1) is 12.7 Å². The summed E-state index contributed by atoms with van der Waals surface area (Å²) in [6.07, 6.45) is 0.581. The first-order valence-electron chi connectivity index (χ1n) is 6.58. The smallest absolute Gasteiger partial charge is 0.0897 e. The monoisotopic (exact) mass is 271 g/mol. The fraction of sp³-hybridized carbons (Fsp3) is 0.714. The van der Waals surface area contributed by atoms with Crippen LogP contribution in [0.25, 0.3) is 0 Å². The zero-order chi connectivity index (χ0) is 13.4. The Kier molecular flexibility index (Phi) is 7.51. The predicted molar refractivity (Wildman–Crippen MR) is 77.2 cm³/mol. The van der Waals surface area contributed by atoms with Gasteiger partial charge < -0.3 is 15.2 Å². The Morgan fingerprint density at radius 1 is 1.33 bits per heavy atom. The minimum absolute atomic E-state index is 0.374. The Balaban J connectivity index is 2.08. The van der Waals surface area contributed by atoms with Crippen LogP contribution in [0.3, 0.4) is 0 Å². The number of hydrogen-bond acceptors (Lipinski definition) is 4. The lowest BCUT2D eigenvalue weighted by Gasteiger charge is -2.17. The van der Waals surface area contributed by atoms with E-state index in [2.05, 4.69) is 42.9 Å². The summed E-state index contributed by atoms with van der Waals surface area (Å²) in [4.78, 5) is 0. The Labute approximate surface area is 114 Å². The molecule has 18 heavy (non-hydrogen) atoms. The van der Waals surface area contributed by atoms with Gasteiger partial charge in [-0.1, -0.05) is 13.8 Å². The Morgan fingerprint density at radius 2 is 2.11 bits per heavy atom. The summed E-state index contributed by atoms with van der Waals surface area (Å²) >= 11 is 1.72. The van der Waals surface area contributed by atoms with Crippen LogP contribution < -0.4 is 5.32 Å². The van der Waals surface area contributed by atoms with Gasteiger partial charge in [0.1, 0.15) is 0 Å². The van der Waals surface area contributed by atoms with E-state index in [1.807, 2.05) is 0 Å². The van der Waals surface area contributed by atoms with Gasteiger partial charge in [0.2, 0.25) is 0 Å². The van der Waals surface area contributed by atoms with Crippen molar-refractivity contribution in [1.29, 1.82) is 0 Å². The highest BCUT2D eigenvalue weighted by molar-refractivity contribution is 7.07. The minimum Gasteiger partial charge on any atom is -0.389 e. The fourth-order valence-corrected chi connectivity index (χ4v) is 2.35. The van der Waals surface area contributed by atoms with Gasteiger partial charge in [0.25, 0.3) is 0 Å². The number of aliphatic hydroxyl groups is 1. The third-order valence-corrected chi connectivity index (χ3v) is 3.32. The molecule has 1 rings (SSSR count). The molecule has 0 aliphatic carbocycles. The first-order valence-corrected chi connectivity index (χ1v) is 7.52. The van der Waals surface area contributed by atoms with Crippen LogP contribution in [0.4, 0.5) is 0 Å². The molecule has 1 aromatic heterocycles. The van der Waals surface area contributed by atoms with Gasteiger partial charge >= 0.3 is 0 Å². The summed E-state index contributed by atoms with van der Waals surface area (Å²) in [5, 5.41) is 17.3. The molecule has 1 aromatic rings. The number of nitrogens with one attached hydrogen (secondary N) is 1. The van der Waals surface area contributed by atoms with Crippen LogP contribution >= 0.6 is 11.3 Å². The van der Waals surface area contributed by atoms with Gasteiger partial charge in [-0.2, -0.15) is 11.3 Å². The molecule has 2 N–H and O–H groups in total. The van der Waals surface area contributed by atoms with Crippen LogP contribution in [-0.2, 0) is 11.2 Å². The van der Waals surface area contributed by atoms with E-state index < -0.39 is 6.10 Å². The molecule has 2 atom stereocenters. The number of rotatable bonds is 9. The zero-order valence-corrected chi connectivity index (χ0v) is 12.4. The average molecular weight is 271 g/mol. The first-order chi connectivity index (χ1) is 8.58.